The van der Waals surface area contributed by atoms with E-state index in [1.165, 1.54) is 24.3 Å². The second-order valence-corrected chi connectivity index (χ2v) is 3.51. The van der Waals surface area contributed by atoms with Gasteiger partial charge >= 0.3 is 12.1 Å². The van der Waals surface area contributed by atoms with Crippen LogP contribution in [0.2, 0.25) is 0 Å². The highest BCUT2D eigenvalue weighted by Crippen LogP contribution is 2.45. The van der Waals surface area contributed by atoms with E-state index < -0.39 is 17.7 Å². The van der Waals surface area contributed by atoms with Crippen LogP contribution in [0.1, 0.15) is 5.56 Å². The minimum Gasteiger partial charge on any atom is -0.191 e. The molecule has 17 heavy (non-hydrogen) atoms. The molecule has 0 atom stereocenters. The fourth-order valence-corrected chi connectivity index (χ4v) is 1.56. The Morgan fingerprint density at radius 2 is 1.53 bits per heavy atom. The van der Waals surface area contributed by atoms with Crippen LogP contribution in [0.5, 0.6) is 0 Å². The van der Waals surface area contributed by atoms with Crippen molar-refractivity contribution in [3.05, 3.63) is 48.0 Å². The molecule has 0 aliphatic heterocycles. The van der Waals surface area contributed by atoms with Crippen molar-refractivity contribution in [1.82, 2.24) is 0 Å². The fraction of sp³-hybridized carbons (Fsp3) is 0.167. The monoisotopic (exact) mass is 245 g/mol. The van der Waals surface area contributed by atoms with Crippen LogP contribution in [-0.4, -0.2) is 6.18 Å². The summed E-state index contributed by atoms with van der Waals surface area (Å²) in [6, 6.07) is 10.2. The lowest BCUT2D eigenvalue weighted by atomic mass is 9.99. The van der Waals surface area contributed by atoms with E-state index in [1.54, 1.807) is 6.07 Å². The van der Waals surface area contributed by atoms with Crippen LogP contribution in [-0.2, 0) is 5.92 Å². The molecule has 1 radical (unpaired) electrons. The largest absolute Gasteiger partial charge is 0.458 e. The zero-order valence-corrected chi connectivity index (χ0v) is 8.35. The van der Waals surface area contributed by atoms with Gasteiger partial charge in [-0.15, -0.1) is 0 Å². The Bertz CT molecular complexity index is 537. The van der Waals surface area contributed by atoms with Crippen molar-refractivity contribution in [1.29, 1.82) is 0 Å². The molecule has 2 rings (SSSR count). The molecule has 0 amide bonds. The predicted octanol–water partition coefficient (Wildman–Crippen LogP) is 4.29. The Balaban J connectivity index is 2.72. The highest BCUT2D eigenvalue weighted by Gasteiger charge is 2.59. The summed E-state index contributed by atoms with van der Waals surface area (Å²) in [6.45, 7) is 0. The summed E-state index contributed by atoms with van der Waals surface area (Å²) in [4.78, 5) is 0. The Labute approximate surface area is 93.7 Å². The van der Waals surface area contributed by atoms with Crippen molar-refractivity contribution >= 4 is 10.8 Å². The third-order valence-electron chi connectivity index (χ3n) is 2.39. The minimum absolute atomic E-state index is 0.141. The molecule has 0 N–H and O–H groups in total. The summed E-state index contributed by atoms with van der Waals surface area (Å²) in [7, 11) is 0. The lowest BCUT2D eigenvalue weighted by Crippen LogP contribution is -2.33. The van der Waals surface area contributed by atoms with E-state index in [2.05, 4.69) is 0 Å². The number of benzene rings is 2. The van der Waals surface area contributed by atoms with Crippen molar-refractivity contribution in [3.8, 4) is 0 Å². The summed E-state index contributed by atoms with van der Waals surface area (Å²) in [5, 5.41) is 0.183. The summed E-state index contributed by atoms with van der Waals surface area (Å²) in [5.74, 6) is -4.89. The molecular formula is C12H6F5. The normalized spacial score (nSPS) is 13.0. The number of hydrogen-bond acceptors (Lipinski definition) is 0. The highest BCUT2D eigenvalue weighted by atomic mass is 19.4. The van der Waals surface area contributed by atoms with Crippen LogP contribution in [0.3, 0.4) is 0 Å². The third-order valence-corrected chi connectivity index (χ3v) is 2.39. The molecule has 0 heterocycles. The molecule has 5 heteroatoms. The van der Waals surface area contributed by atoms with E-state index in [1.807, 2.05) is 6.07 Å². The second-order valence-electron chi connectivity index (χ2n) is 3.51. The van der Waals surface area contributed by atoms with Crippen molar-refractivity contribution in [3.63, 3.8) is 0 Å². The minimum atomic E-state index is -5.62. The van der Waals surface area contributed by atoms with Crippen LogP contribution in [0.25, 0.3) is 10.8 Å². The molecule has 0 saturated heterocycles. The van der Waals surface area contributed by atoms with Gasteiger partial charge in [-0.2, -0.15) is 22.0 Å². The SMILES string of the molecule is FC(F)(F)C(F)(F)c1[c]ccc2ccccc12. The van der Waals surface area contributed by atoms with Gasteiger partial charge in [0.15, 0.2) is 0 Å². The fourth-order valence-electron chi connectivity index (χ4n) is 1.56. The number of fused-ring (bicyclic) bond motifs is 1. The van der Waals surface area contributed by atoms with Crippen molar-refractivity contribution in [2.75, 3.05) is 0 Å². The highest BCUT2D eigenvalue weighted by molar-refractivity contribution is 5.86. The van der Waals surface area contributed by atoms with Crippen LogP contribution < -0.4 is 0 Å². The maximum Gasteiger partial charge on any atom is 0.458 e. The lowest BCUT2D eigenvalue weighted by molar-refractivity contribution is -0.288. The molecule has 0 fully saturated rings. The average Bonchev–Trinajstić information content (AvgIpc) is 2.26. The van der Waals surface area contributed by atoms with Gasteiger partial charge in [0.1, 0.15) is 0 Å². The predicted molar refractivity (Wildman–Crippen MR) is 52.7 cm³/mol. The Morgan fingerprint density at radius 3 is 2.18 bits per heavy atom. The van der Waals surface area contributed by atoms with Crippen LogP contribution in [0.15, 0.2) is 36.4 Å². The summed E-state index contributed by atoms with van der Waals surface area (Å²) in [5.41, 5.74) is -1.14. The second kappa shape index (κ2) is 3.68. The van der Waals surface area contributed by atoms with Crippen LogP contribution in [0.4, 0.5) is 22.0 Å². The number of hydrogen-bond donors (Lipinski definition) is 0. The van der Waals surface area contributed by atoms with Crippen LogP contribution >= 0.6 is 0 Å². The van der Waals surface area contributed by atoms with Gasteiger partial charge in [-0.3, -0.25) is 0 Å². The molecular weight excluding hydrogens is 239 g/mol. The van der Waals surface area contributed by atoms with Gasteiger partial charge in [0.2, 0.25) is 0 Å². The lowest BCUT2D eigenvalue weighted by Gasteiger charge is -2.21. The first-order valence-electron chi connectivity index (χ1n) is 4.68. The van der Waals surface area contributed by atoms with Crippen molar-refractivity contribution in [2.24, 2.45) is 0 Å². The molecule has 0 nitrogen and oxygen atoms in total. The van der Waals surface area contributed by atoms with Gasteiger partial charge in [0, 0.05) is 5.56 Å². The molecule has 2 aromatic rings. The van der Waals surface area contributed by atoms with E-state index in [0.29, 0.717) is 5.39 Å². The molecule has 2 aromatic carbocycles. The number of halogens is 5. The molecule has 0 saturated carbocycles. The number of alkyl halides is 5. The van der Waals surface area contributed by atoms with Gasteiger partial charge in [-0.05, 0) is 16.8 Å². The van der Waals surface area contributed by atoms with E-state index >= 15 is 0 Å². The summed E-state index contributed by atoms with van der Waals surface area (Å²) < 4.78 is 63.3. The zero-order chi connectivity index (χ0) is 12.7. The van der Waals surface area contributed by atoms with Gasteiger partial charge in [-0.25, -0.2) is 0 Å². The number of rotatable bonds is 1. The van der Waals surface area contributed by atoms with Crippen molar-refractivity contribution < 1.29 is 22.0 Å². The van der Waals surface area contributed by atoms with E-state index in [0.717, 1.165) is 6.07 Å². The first kappa shape index (κ1) is 11.8. The van der Waals surface area contributed by atoms with E-state index in [9.17, 15) is 22.0 Å². The molecule has 0 aliphatic carbocycles. The van der Waals surface area contributed by atoms with Gasteiger partial charge in [-0.1, -0.05) is 36.4 Å². The smallest absolute Gasteiger partial charge is 0.191 e. The molecule has 0 bridgehead atoms. The van der Waals surface area contributed by atoms with Crippen LogP contribution in [0, 0.1) is 6.07 Å². The summed E-state index contributed by atoms with van der Waals surface area (Å²) >= 11 is 0. The maximum absolute atomic E-state index is 13.2. The Morgan fingerprint density at radius 1 is 0.882 bits per heavy atom. The van der Waals surface area contributed by atoms with Gasteiger partial charge < -0.3 is 0 Å². The van der Waals surface area contributed by atoms with Crippen molar-refractivity contribution in [2.45, 2.75) is 12.1 Å². The molecule has 0 aromatic heterocycles. The molecule has 0 unspecified atom stereocenters. The Kier molecular flexibility index (Phi) is 2.56. The summed E-state index contributed by atoms with van der Waals surface area (Å²) in [6.07, 6.45) is -5.62. The average molecular weight is 245 g/mol. The molecule has 0 spiro atoms. The standard InChI is InChI=1S/C12H6F5/c13-11(14,12(15,16)17)10-7-3-5-8-4-1-2-6-9(8)10/h1-6H. The quantitative estimate of drug-likeness (QED) is 0.657. The van der Waals surface area contributed by atoms with E-state index in [4.69, 9.17) is 0 Å². The zero-order valence-electron chi connectivity index (χ0n) is 8.35. The van der Waals surface area contributed by atoms with E-state index in [-0.39, 0.29) is 5.39 Å². The Hall–Kier alpha value is -1.65. The molecule has 89 valence electrons. The third kappa shape index (κ3) is 1.85. The van der Waals surface area contributed by atoms with Gasteiger partial charge in [0.05, 0.1) is 0 Å². The maximum atomic E-state index is 13.2. The van der Waals surface area contributed by atoms with Gasteiger partial charge in [0.25, 0.3) is 0 Å². The first-order valence-corrected chi connectivity index (χ1v) is 4.68. The molecule has 0 aliphatic rings. The topological polar surface area (TPSA) is 0 Å². The first-order chi connectivity index (χ1) is 7.84.